The van der Waals surface area contributed by atoms with Crippen LogP contribution in [0.1, 0.15) is 49.5 Å². The molecule has 1 heterocycles. The summed E-state index contributed by atoms with van der Waals surface area (Å²) in [6.45, 7) is 7.91. The van der Waals surface area contributed by atoms with E-state index in [9.17, 15) is 4.79 Å². The molecule has 2 rings (SSSR count). The van der Waals surface area contributed by atoms with Crippen LogP contribution in [0.5, 0.6) is 0 Å². The Balaban J connectivity index is 0.00000288. The van der Waals surface area contributed by atoms with Crippen molar-refractivity contribution >= 4 is 42.1 Å². The Morgan fingerprint density at radius 1 is 1.32 bits per heavy atom. The van der Waals surface area contributed by atoms with E-state index in [-0.39, 0.29) is 42.7 Å². The smallest absolute Gasteiger partial charge is 0.225 e. The van der Waals surface area contributed by atoms with E-state index in [4.69, 9.17) is 5.73 Å². The van der Waals surface area contributed by atoms with Crippen molar-refractivity contribution in [1.82, 2.24) is 10.3 Å². The van der Waals surface area contributed by atoms with Crippen molar-refractivity contribution in [2.75, 3.05) is 0 Å². The van der Waals surface area contributed by atoms with Crippen LogP contribution in [-0.4, -0.2) is 10.9 Å². The monoisotopic (exact) mass is 403 g/mol. The molecule has 0 fully saturated rings. The summed E-state index contributed by atoms with van der Waals surface area (Å²) in [4.78, 5) is 17.2. The maximum Gasteiger partial charge on any atom is 0.225 e. The van der Waals surface area contributed by atoms with Gasteiger partial charge < -0.3 is 11.1 Å². The standard InChI is InChI=1S/C18H25N3OS.2ClH/c1-5-18(4,17-20-12(2)11-23-17)21-16(22)13(3)15(19)14-9-7-6-8-10-14;;/h6-11,13,15H,5,19H2,1-4H3,(H,21,22);2*1H. The number of amides is 1. The van der Waals surface area contributed by atoms with Gasteiger partial charge in [0.2, 0.25) is 5.91 Å². The predicted molar refractivity (Wildman–Crippen MR) is 110 cm³/mol. The predicted octanol–water partition coefficient (Wildman–Crippen LogP) is 4.37. The average Bonchev–Trinajstić information content (AvgIpc) is 3.01. The lowest BCUT2D eigenvalue weighted by Crippen LogP contribution is -2.47. The van der Waals surface area contributed by atoms with Gasteiger partial charge in [-0.15, -0.1) is 36.2 Å². The molecule has 0 saturated carbocycles. The molecule has 3 unspecified atom stereocenters. The molecule has 0 bridgehead atoms. The Kier molecular flexibility index (Phi) is 9.66. The number of aromatic nitrogens is 1. The van der Waals surface area contributed by atoms with Crippen LogP contribution < -0.4 is 11.1 Å². The fourth-order valence-electron chi connectivity index (χ4n) is 2.41. The molecular formula is C18H27Cl2N3OS. The van der Waals surface area contributed by atoms with Crippen LogP contribution in [0.4, 0.5) is 0 Å². The zero-order valence-corrected chi connectivity index (χ0v) is 17.4. The van der Waals surface area contributed by atoms with Crippen molar-refractivity contribution < 1.29 is 4.79 Å². The first-order chi connectivity index (χ1) is 10.9. The van der Waals surface area contributed by atoms with Gasteiger partial charge in [0, 0.05) is 17.1 Å². The van der Waals surface area contributed by atoms with E-state index < -0.39 is 5.54 Å². The SMILES string of the molecule is CCC(C)(NC(=O)C(C)C(N)c1ccccc1)c1nc(C)cs1.Cl.Cl. The third kappa shape index (κ3) is 5.68. The lowest BCUT2D eigenvalue weighted by atomic mass is 9.92. The summed E-state index contributed by atoms with van der Waals surface area (Å²) in [5, 5.41) is 6.10. The van der Waals surface area contributed by atoms with Crippen LogP contribution in [0.25, 0.3) is 0 Å². The van der Waals surface area contributed by atoms with Crippen LogP contribution in [0, 0.1) is 12.8 Å². The van der Waals surface area contributed by atoms with Crippen LogP contribution in [0.15, 0.2) is 35.7 Å². The van der Waals surface area contributed by atoms with Gasteiger partial charge in [-0.1, -0.05) is 44.2 Å². The van der Waals surface area contributed by atoms with Crippen LogP contribution in [0.2, 0.25) is 0 Å². The Morgan fingerprint density at radius 3 is 2.40 bits per heavy atom. The van der Waals surface area contributed by atoms with Gasteiger partial charge in [0.1, 0.15) is 5.01 Å². The number of aryl methyl sites for hydroxylation is 1. The van der Waals surface area contributed by atoms with Gasteiger partial charge in [-0.25, -0.2) is 4.98 Å². The summed E-state index contributed by atoms with van der Waals surface area (Å²) in [6.07, 6.45) is 0.777. The van der Waals surface area contributed by atoms with E-state index in [0.29, 0.717) is 0 Å². The second-order valence-electron chi connectivity index (χ2n) is 6.19. The largest absolute Gasteiger partial charge is 0.344 e. The highest BCUT2D eigenvalue weighted by Crippen LogP contribution is 2.29. The molecule has 7 heteroatoms. The number of hydrogen-bond acceptors (Lipinski definition) is 4. The van der Waals surface area contributed by atoms with Crippen LogP contribution >= 0.6 is 36.2 Å². The summed E-state index contributed by atoms with van der Waals surface area (Å²) < 4.78 is 0. The highest BCUT2D eigenvalue weighted by atomic mass is 35.5. The fraction of sp³-hybridized carbons (Fsp3) is 0.444. The number of carbonyl (C=O) groups is 1. The summed E-state index contributed by atoms with van der Waals surface area (Å²) >= 11 is 1.58. The van der Waals surface area contributed by atoms with Crippen molar-refractivity contribution in [3.8, 4) is 0 Å². The van der Waals surface area contributed by atoms with Crippen LogP contribution in [0.3, 0.4) is 0 Å². The van der Waals surface area contributed by atoms with Gasteiger partial charge in [0.25, 0.3) is 0 Å². The third-order valence-corrected chi connectivity index (χ3v) is 5.56. The minimum Gasteiger partial charge on any atom is -0.344 e. The Labute approximate surface area is 166 Å². The maximum atomic E-state index is 12.7. The molecule has 2 aromatic rings. The normalized spacial score (nSPS) is 15.1. The molecular weight excluding hydrogens is 377 g/mol. The van der Waals surface area contributed by atoms with E-state index in [2.05, 4.69) is 17.2 Å². The van der Waals surface area contributed by atoms with Gasteiger partial charge >= 0.3 is 0 Å². The van der Waals surface area contributed by atoms with Gasteiger partial charge in [0.15, 0.2) is 0 Å². The maximum absolute atomic E-state index is 12.7. The molecule has 0 saturated heterocycles. The second-order valence-corrected chi connectivity index (χ2v) is 7.05. The van der Waals surface area contributed by atoms with Crippen molar-refractivity contribution in [3.63, 3.8) is 0 Å². The Bertz CT molecular complexity index is 665. The van der Waals surface area contributed by atoms with Crippen molar-refractivity contribution in [1.29, 1.82) is 0 Å². The van der Waals surface area contributed by atoms with E-state index in [1.165, 1.54) is 0 Å². The molecule has 0 spiro atoms. The fourth-order valence-corrected chi connectivity index (χ4v) is 3.40. The molecule has 4 nitrogen and oxygen atoms in total. The number of nitrogens with two attached hydrogens (primary N) is 1. The number of hydrogen-bond donors (Lipinski definition) is 2. The zero-order valence-electron chi connectivity index (χ0n) is 15.0. The molecule has 0 radical (unpaired) electrons. The first-order valence-electron chi connectivity index (χ1n) is 7.92. The number of nitrogens with zero attached hydrogens (tertiary/aromatic N) is 1. The van der Waals surface area contributed by atoms with Crippen molar-refractivity contribution in [2.24, 2.45) is 11.7 Å². The third-order valence-electron chi connectivity index (χ3n) is 4.33. The Hall–Kier alpha value is -1.14. The number of halogens is 2. The van der Waals surface area contributed by atoms with Gasteiger partial charge in [-0.3, -0.25) is 4.79 Å². The molecule has 25 heavy (non-hydrogen) atoms. The molecule has 0 aliphatic carbocycles. The molecule has 0 aliphatic heterocycles. The van der Waals surface area contributed by atoms with E-state index >= 15 is 0 Å². The molecule has 1 aromatic carbocycles. The number of thiazole rings is 1. The summed E-state index contributed by atoms with van der Waals surface area (Å²) in [5.41, 5.74) is 7.76. The summed E-state index contributed by atoms with van der Waals surface area (Å²) in [7, 11) is 0. The van der Waals surface area contributed by atoms with Gasteiger partial charge in [-0.2, -0.15) is 0 Å². The quantitative estimate of drug-likeness (QED) is 0.751. The van der Waals surface area contributed by atoms with E-state index in [1.807, 2.05) is 56.5 Å². The van der Waals surface area contributed by atoms with Gasteiger partial charge in [0.05, 0.1) is 11.5 Å². The van der Waals surface area contributed by atoms with E-state index in [0.717, 1.165) is 22.7 Å². The summed E-state index contributed by atoms with van der Waals surface area (Å²) in [6, 6.07) is 9.41. The molecule has 140 valence electrons. The first kappa shape index (κ1) is 23.9. The molecule has 1 aromatic heterocycles. The Morgan fingerprint density at radius 2 is 1.92 bits per heavy atom. The zero-order chi connectivity index (χ0) is 17.0. The average molecular weight is 404 g/mol. The van der Waals surface area contributed by atoms with E-state index in [1.54, 1.807) is 11.3 Å². The lowest BCUT2D eigenvalue weighted by Gasteiger charge is -2.30. The number of nitrogens with one attached hydrogen (secondary N) is 1. The first-order valence-corrected chi connectivity index (χ1v) is 8.80. The van der Waals surface area contributed by atoms with Crippen molar-refractivity contribution in [3.05, 3.63) is 52.0 Å². The highest BCUT2D eigenvalue weighted by Gasteiger charge is 2.33. The summed E-state index contributed by atoms with van der Waals surface area (Å²) in [5.74, 6) is -0.358. The molecule has 0 aliphatic rings. The lowest BCUT2D eigenvalue weighted by molar-refractivity contribution is -0.127. The van der Waals surface area contributed by atoms with Gasteiger partial charge in [-0.05, 0) is 25.8 Å². The molecule has 3 N–H and O–H groups in total. The molecule has 1 amide bonds. The topological polar surface area (TPSA) is 68.0 Å². The minimum absolute atomic E-state index is 0. The number of carbonyl (C=O) groups excluding carboxylic acids is 1. The van der Waals surface area contributed by atoms with Crippen LogP contribution in [-0.2, 0) is 10.3 Å². The second kappa shape index (κ2) is 10.1. The molecule has 3 atom stereocenters. The van der Waals surface area contributed by atoms with Crippen molar-refractivity contribution in [2.45, 2.75) is 45.7 Å². The number of rotatable bonds is 6. The minimum atomic E-state index is -0.458. The highest BCUT2D eigenvalue weighted by molar-refractivity contribution is 7.09. The number of benzene rings is 1.